The fourth-order valence-electron chi connectivity index (χ4n) is 2.69. The zero-order chi connectivity index (χ0) is 14.3. The Labute approximate surface area is 118 Å². The molecule has 0 aromatic heterocycles. The molecule has 1 fully saturated rings. The van der Waals surface area contributed by atoms with Crippen LogP contribution in [0.3, 0.4) is 0 Å². The van der Waals surface area contributed by atoms with Crippen LogP contribution in [0.5, 0.6) is 0 Å². The molecule has 0 aromatic carbocycles. The minimum absolute atomic E-state index is 0.00324. The molecule has 2 heterocycles. The van der Waals surface area contributed by atoms with Crippen LogP contribution in [0, 0.1) is 24.7 Å². The van der Waals surface area contributed by atoms with Gasteiger partial charge in [-0.25, -0.2) is 4.79 Å². The van der Waals surface area contributed by atoms with Gasteiger partial charge in [0.15, 0.2) is 0 Å². The first-order valence-corrected chi connectivity index (χ1v) is 7.63. The molecule has 5 heteroatoms. The summed E-state index contributed by atoms with van der Waals surface area (Å²) in [6.07, 6.45) is 0.829. The Bertz CT molecular complexity index is 442. The van der Waals surface area contributed by atoms with Gasteiger partial charge in [-0.2, -0.15) is 0 Å². The van der Waals surface area contributed by atoms with Gasteiger partial charge >= 0.3 is 5.97 Å². The average molecular weight is 282 g/mol. The fourth-order valence-corrected chi connectivity index (χ4v) is 4.28. The van der Waals surface area contributed by atoms with Gasteiger partial charge in [-0.05, 0) is 12.3 Å². The number of amides is 1. The summed E-state index contributed by atoms with van der Waals surface area (Å²) >= 11 is 1.67. The van der Waals surface area contributed by atoms with Crippen LogP contribution in [0.2, 0.25) is 0 Å². The van der Waals surface area contributed by atoms with E-state index in [1.165, 1.54) is 4.90 Å². The highest BCUT2D eigenvalue weighted by Crippen LogP contribution is 2.47. The molecule has 2 rings (SSSR count). The monoisotopic (exact) mass is 282 g/mol. The van der Waals surface area contributed by atoms with E-state index in [2.05, 4.69) is 20.8 Å². The van der Waals surface area contributed by atoms with Crippen molar-refractivity contribution in [1.82, 2.24) is 4.90 Å². The maximum absolute atomic E-state index is 12.2. The van der Waals surface area contributed by atoms with Crippen molar-refractivity contribution >= 4 is 23.6 Å². The van der Waals surface area contributed by atoms with Crippen LogP contribution in [-0.2, 0) is 9.59 Å². The molecule has 0 aliphatic carbocycles. The lowest BCUT2D eigenvalue weighted by atomic mass is 9.87. The predicted molar refractivity (Wildman–Crippen MR) is 75.2 cm³/mol. The molecule has 2 aliphatic rings. The lowest BCUT2D eigenvalue weighted by molar-refractivity contribution is -0.153. The summed E-state index contributed by atoms with van der Waals surface area (Å²) in [6.45, 7) is 9.94. The molecule has 0 saturated carbocycles. The van der Waals surface area contributed by atoms with E-state index in [0.717, 1.165) is 12.0 Å². The van der Waals surface area contributed by atoms with E-state index in [1.54, 1.807) is 11.8 Å². The van der Waals surface area contributed by atoms with Crippen molar-refractivity contribution in [3.05, 3.63) is 18.2 Å². The number of carboxylic acid groups (broad SMARTS) is 1. The summed E-state index contributed by atoms with van der Waals surface area (Å²) in [6, 6.07) is 0. The smallest absolute Gasteiger partial charge is 0.352 e. The number of aliphatic carboxylic acids is 1. The SMILES string of the molecule is [CH2-]C(C)C1=C(C(=O)O)N2C(=O)[C@H](CC(C)C)[C@H]2SC1. The highest BCUT2D eigenvalue weighted by atomic mass is 32.2. The molecule has 3 atom stereocenters. The fraction of sp³-hybridized carbons (Fsp3) is 0.643. The third-order valence-electron chi connectivity index (χ3n) is 3.63. The first-order valence-electron chi connectivity index (χ1n) is 6.58. The molecule has 2 aliphatic heterocycles. The molecule has 106 valence electrons. The van der Waals surface area contributed by atoms with Gasteiger partial charge in [-0.15, -0.1) is 17.7 Å². The minimum atomic E-state index is -1.01. The van der Waals surface area contributed by atoms with E-state index in [0.29, 0.717) is 11.7 Å². The van der Waals surface area contributed by atoms with E-state index in [1.807, 2.05) is 6.92 Å². The third kappa shape index (κ3) is 2.40. The first-order chi connectivity index (χ1) is 8.84. The molecule has 0 spiro atoms. The molecule has 0 bridgehead atoms. The number of rotatable bonds is 4. The second-order valence-corrected chi connectivity index (χ2v) is 6.83. The lowest BCUT2D eigenvalue weighted by Gasteiger charge is -2.51. The van der Waals surface area contributed by atoms with Crippen molar-refractivity contribution in [2.75, 3.05) is 5.75 Å². The highest BCUT2D eigenvalue weighted by molar-refractivity contribution is 8.00. The van der Waals surface area contributed by atoms with E-state index in [-0.39, 0.29) is 28.8 Å². The Morgan fingerprint density at radius 3 is 2.63 bits per heavy atom. The number of thioether (sulfide) groups is 1. The molecular weight excluding hydrogens is 262 g/mol. The first kappa shape index (κ1) is 14.4. The van der Waals surface area contributed by atoms with Crippen molar-refractivity contribution < 1.29 is 14.7 Å². The standard InChI is InChI=1S/C14H20NO3S/c1-7(2)5-9-12(16)15-11(14(17)18)10(8(3)4)6-19-13(9)15/h7-9,13H,3,5-6H2,1-2,4H3,(H,17,18)/q-1/t8?,9-,13+/m0/s1. The second kappa shape index (κ2) is 5.19. The number of carbonyl (C=O) groups is 2. The number of carbonyl (C=O) groups excluding carboxylic acids is 1. The Morgan fingerprint density at radius 1 is 1.53 bits per heavy atom. The maximum Gasteiger partial charge on any atom is 0.352 e. The highest BCUT2D eigenvalue weighted by Gasteiger charge is 2.52. The van der Waals surface area contributed by atoms with Crippen LogP contribution in [0.15, 0.2) is 11.3 Å². The van der Waals surface area contributed by atoms with Gasteiger partial charge in [0, 0.05) is 5.75 Å². The largest absolute Gasteiger partial charge is 0.477 e. The van der Waals surface area contributed by atoms with Gasteiger partial charge in [-0.1, -0.05) is 26.3 Å². The van der Waals surface area contributed by atoms with Crippen molar-refractivity contribution in [1.29, 1.82) is 0 Å². The van der Waals surface area contributed by atoms with Gasteiger partial charge < -0.3 is 12.0 Å². The molecule has 1 N–H and O–H groups in total. The zero-order valence-corrected chi connectivity index (χ0v) is 12.4. The molecule has 0 radical (unpaired) electrons. The second-order valence-electron chi connectivity index (χ2n) is 5.73. The van der Waals surface area contributed by atoms with Crippen LogP contribution in [0.4, 0.5) is 0 Å². The van der Waals surface area contributed by atoms with Crippen molar-refractivity contribution in [2.45, 2.75) is 32.6 Å². The van der Waals surface area contributed by atoms with Crippen LogP contribution < -0.4 is 0 Å². The van der Waals surface area contributed by atoms with Gasteiger partial charge in [0.05, 0.1) is 11.3 Å². The van der Waals surface area contributed by atoms with Crippen molar-refractivity contribution in [2.24, 2.45) is 17.8 Å². The zero-order valence-electron chi connectivity index (χ0n) is 11.5. The number of hydrogen-bond acceptors (Lipinski definition) is 3. The molecule has 1 saturated heterocycles. The molecule has 4 nitrogen and oxygen atoms in total. The predicted octanol–water partition coefficient (Wildman–Crippen LogP) is 2.37. The van der Waals surface area contributed by atoms with Gasteiger partial charge in [0.2, 0.25) is 5.91 Å². The summed E-state index contributed by atoms with van der Waals surface area (Å²) in [4.78, 5) is 25.1. The normalized spacial score (nSPS) is 28.3. The maximum atomic E-state index is 12.2. The van der Waals surface area contributed by atoms with E-state index in [4.69, 9.17) is 0 Å². The number of hydrogen-bond donors (Lipinski definition) is 1. The molecule has 0 aromatic rings. The quantitative estimate of drug-likeness (QED) is 0.635. The van der Waals surface area contributed by atoms with Crippen LogP contribution in [0.1, 0.15) is 27.2 Å². The summed E-state index contributed by atoms with van der Waals surface area (Å²) < 4.78 is 0. The number of fused-ring (bicyclic) bond motifs is 1. The topological polar surface area (TPSA) is 57.6 Å². The van der Waals surface area contributed by atoms with Gasteiger partial charge in [0.1, 0.15) is 5.70 Å². The Kier molecular flexibility index (Phi) is 3.95. The van der Waals surface area contributed by atoms with E-state index in [9.17, 15) is 14.7 Å². The molecular formula is C14H20NO3S-. The van der Waals surface area contributed by atoms with Gasteiger partial charge in [0.25, 0.3) is 0 Å². The molecule has 1 amide bonds. The summed E-state index contributed by atoms with van der Waals surface area (Å²) in [5, 5.41) is 9.38. The summed E-state index contributed by atoms with van der Waals surface area (Å²) in [7, 11) is 0. The average Bonchev–Trinajstić information content (AvgIpc) is 2.33. The van der Waals surface area contributed by atoms with E-state index >= 15 is 0 Å². The Morgan fingerprint density at radius 2 is 2.16 bits per heavy atom. The van der Waals surface area contributed by atoms with Crippen LogP contribution in [0.25, 0.3) is 0 Å². The molecule has 1 unspecified atom stereocenters. The third-order valence-corrected chi connectivity index (χ3v) is 4.99. The summed E-state index contributed by atoms with van der Waals surface area (Å²) in [5.74, 6) is -0.0525. The van der Waals surface area contributed by atoms with Crippen LogP contribution in [-0.4, -0.2) is 33.0 Å². The van der Waals surface area contributed by atoms with Crippen molar-refractivity contribution in [3.63, 3.8) is 0 Å². The van der Waals surface area contributed by atoms with E-state index < -0.39 is 5.97 Å². The van der Waals surface area contributed by atoms with Crippen LogP contribution >= 0.6 is 11.8 Å². The number of β-lactam (4-membered cyclic amide) rings is 1. The minimum Gasteiger partial charge on any atom is -0.477 e. The van der Waals surface area contributed by atoms with Gasteiger partial charge in [-0.3, -0.25) is 9.69 Å². The summed E-state index contributed by atoms with van der Waals surface area (Å²) in [5.41, 5.74) is 0.946. The Hall–Kier alpha value is -0.970. The molecule has 19 heavy (non-hydrogen) atoms. The number of carboxylic acids is 1. The lowest BCUT2D eigenvalue weighted by Crippen LogP contribution is -2.61. The Balaban J connectivity index is 2.28. The number of nitrogens with zero attached hydrogens (tertiary/aromatic N) is 1. The van der Waals surface area contributed by atoms with Crippen molar-refractivity contribution in [3.8, 4) is 0 Å².